The van der Waals surface area contributed by atoms with Crippen LogP contribution in [0.25, 0.3) is 0 Å². The van der Waals surface area contributed by atoms with E-state index in [2.05, 4.69) is 18.2 Å². The largest absolute Gasteiger partial charge is 0.369 e. The molecule has 1 aromatic rings. The van der Waals surface area contributed by atoms with Crippen LogP contribution in [0.1, 0.15) is 30.9 Å². The third kappa shape index (κ3) is 1.94. The average Bonchev–Trinajstić information content (AvgIpc) is 2.68. The summed E-state index contributed by atoms with van der Waals surface area (Å²) in [6.45, 7) is 0. The number of ether oxygens (including phenoxy) is 1. The quantitative estimate of drug-likeness (QED) is 0.713. The fourth-order valence-electron chi connectivity index (χ4n) is 1.87. The second-order valence-electron chi connectivity index (χ2n) is 3.60. The lowest BCUT2D eigenvalue weighted by Gasteiger charge is -2.11. The summed E-state index contributed by atoms with van der Waals surface area (Å²) in [5, 5.41) is 8.55. The van der Waals surface area contributed by atoms with E-state index in [4.69, 9.17) is 10.00 Å². The summed E-state index contributed by atoms with van der Waals surface area (Å²) in [7, 11) is 0. The molecule has 0 radical (unpaired) electrons. The van der Waals surface area contributed by atoms with Gasteiger partial charge in [-0.15, -0.1) is 0 Å². The molecule has 1 aliphatic rings. The van der Waals surface area contributed by atoms with Crippen molar-refractivity contribution in [3.05, 3.63) is 35.9 Å². The van der Waals surface area contributed by atoms with Crippen LogP contribution in [0.3, 0.4) is 0 Å². The molecule has 0 aromatic heterocycles. The van der Waals surface area contributed by atoms with Crippen molar-refractivity contribution in [2.75, 3.05) is 0 Å². The van der Waals surface area contributed by atoms with Gasteiger partial charge < -0.3 is 4.74 Å². The van der Waals surface area contributed by atoms with E-state index in [0.29, 0.717) is 6.42 Å². The molecule has 1 saturated heterocycles. The number of benzene rings is 1. The zero-order valence-corrected chi connectivity index (χ0v) is 8.02. The summed E-state index contributed by atoms with van der Waals surface area (Å²) < 4.78 is 5.77. The molecule has 0 bridgehead atoms. The van der Waals surface area contributed by atoms with Crippen molar-refractivity contribution in [1.82, 2.24) is 0 Å². The Morgan fingerprint density at radius 1 is 1.29 bits per heavy atom. The van der Waals surface area contributed by atoms with Crippen LogP contribution in [0.15, 0.2) is 30.3 Å². The smallest absolute Gasteiger partial charge is 0.0830 e. The molecule has 2 heteroatoms. The molecule has 0 saturated carbocycles. The second kappa shape index (κ2) is 4.26. The molecule has 2 unspecified atom stereocenters. The summed E-state index contributed by atoms with van der Waals surface area (Å²) in [6.07, 6.45) is 2.91. The topological polar surface area (TPSA) is 33.0 Å². The molecular weight excluding hydrogens is 174 g/mol. The SMILES string of the molecule is N#CCC1CCC(c2ccccc2)O1. The summed E-state index contributed by atoms with van der Waals surface area (Å²) >= 11 is 0. The van der Waals surface area contributed by atoms with Gasteiger partial charge in [-0.3, -0.25) is 0 Å². The zero-order valence-electron chi connectivity index (χ0n) is 8.02. The van der Waals surface area contributed by atoms with Gasteiger partial charge in [-0.1, -0.05) is 30.3 Å². The van der Waals surface area contributed by atoms with Crippen LogP contribution < -0.4 is 0 Å². The van der Waals surface area contributed by atoms with Crippen molar-refractivity contribution in [2.24, 2.45) is 0 Å². The normalized spacial score (nSPS) is 25.9. The van der Waals surface area contributed by atoms with Gasteiger partial charge in [-0.25, -0.2) is 0 Å². The number of hydrogen-bond donors (Lipinski definition) is 0. The molecule has 1 heterocycles. The third-order valence-electron chi connectivity index (χ3n) is 2.60. The highest BCUT2D eigenvalue weighted by Gasteiger charge is 2.25. The van der Waals surface area contributed by atoms with E-state index in [1.807, 2.05) is 18.2 Å². The molecule has 14 heavy (non-hydrogen) atoms. The highest BCUT2D eigenvalue weighted by atomic mass is 16.5. The number of hydrogen-bond acceptors (Lipinski definition) is 2. The first kappa shape index (κ1) is 9.23. The average molecular weight is 187 g/mol. The van der Waals surface area contributed by atoms with Gasteiger partial charge >= 0.3 is 0 Å². The summed E-state index contributed by atoms with van der Waals surface area (Å²) in [4.78, 5) is 0. The van der Waals surface area contributed by atoms with Crippen molar-refractivity contribution >= 4 is 0 Å². The minimum atomic E-state index is 0.144. The van der Waals surface area contributed by atoms with Crippen LogP contribution in [0.4, 0.5) is 0 Å². The lowest BCUT2D eigenvalue weighted by Crippen LogP contribution is -2.04. The Morgan fingerprint density at radius 3 is 2.79 bits per heavy atom. The van der Waals surface area contributed by atoms with Gasteiger partial charge in [0.25, 0.3) is 0 Å². The second-order valence-corrected chi connectivity index (χ2v) is 3.60. The molecule has 2 atom stereocenters. The molecule has 1 aromatic carbocycles. The van der Waals surface area contributed by atoms with Crippen LogP contribution in [0.5, 0.6) is 0 Å². The van der Waals surface area contributed by atoms with Crippen molar-refractivity contribution in [3.8, 4) is 6.07 Å². The molecule has 0 spiro atoms. The summed E-state index contributed by atoms with van der Waals surface area (Å²) in [5.74, 6) is 0. The standard InChI is InChI=1S/C12H13NO/c13-9-8-11-6-7-12(14-11)10-4-2-1-3-5-10/h1-5,11-12H,6-8H2. The minimum absolute atomic E-state index is 0.144. The van der Waals surface area contributed by atoms with Gasteiger partial charge in [0.15, 0.2) is 0 Å². The van der Waals surface area contributed by atoms with Crippen molar-refractivity contribution in [1.29, 1.82) is 5.26 Å². The van der Waals surface area contributed by atoms with Crippen molar-refractivity contribution in [2.45, 2.75) is 31.5 Å². The first-order valence-corrected chi connectivity index (χ1v) is 4.97. The van der Waals surface area contributed by atoms with Gasteiger partial charge in [-0.05, 0) is 18.4 Å². The Labute approximate surface area is 84.1 Å². The Hall–Kier alpha value is -1.33. The Kier molecular flexibility index (Phi) is 2.81. The van der Waals surface area contributed by atoms with Crippen molar-refractivity contribution in [3.63, 3.8) is 0 Å². The highest BCUT2D eigenvalue weighted by molar-refractivity contribution is 5.18. The number of rotatable bonds is 2. The van der Waals surface area contributed by atoms with E-state index >= 15 is 0 Å². The Balaban J connectivity index is 2.00. The molecule has 72 valence electrons. The molecule has 1 fully saturated rings. The minimum Gasteiger partial charge on any atom is -0.369 e. The maximum absolute atomic E-state index is 8.55. The van der Waals surface area contributed by atoms with Crippen molar-refractivity contribution < 1.29 is 4.74 Å². The van der Waals surface area contributed by atoms with E-state index in [0.717, 1.165) is 12.8 Å². The number of nitrogens with zero attached hydrogens (tertiary/aromatic N) is 1. The van der Waals surface area contributed by atoms with Gasteiger partial charge in [0, 0.05) is 0 Å². The van der Waals surface area contributed by atoms with E-state index in [9.17, 15) is 0 Å². The summed E-state index contributed by atoms with van der Waals surface area (Å²) in [6, 6.07) is 12.4. The number of nitriles is 1. The van der Waals surface area contributed by atoms with Gasteiger partial charge in [0.05, 0.1) is 24.7 Å². The molecule has 0 aliphatic carbocycles. The zero-order chi connectivity index (χ0) is 9.80. The monoisotopic (exact) mass is 187 g/mol. The first-order chi connectivity index (χ1) is 6.90. The maximum Gasteiger partial charge on any atom is 0.0830 e. The fourth-order valence-corrected chi connectivity index (χ4v) is 1.87. The lowest BCUT2D eigenvalue weighted by atomic mass is 10.1. The first-order valence-electron chi connectivity index (χ1n) is 4.97. The maximum atomic E-state index is 8.55. The van der Waals surface area contributed by atoms with E-state index < -0.39 is 0 Å². The molecule has 1 aliphatic heterocycles. The molecular formula is C12H13NO. The molecule has 2 rings (SSSR count). The molecule has 0 amide bonds. The van der Waals surface area contributed by atoms with Crippen LogP contribution in [0, 0.1) is 11.3 Å². The van der Waals surface area contributed by atoms with Crippen LogP contribution in [-0.4, -0.2) is 6.10 Å². The predicted molar refractivity (Wildman–Crippen MR) is 53.5 cm³/mol. The molecule has 0 N–H and O–H groups in total. The summed E-state index contributed by atoms with van der Waals surface area (Å²) in [5.41, 5.74) is 1.23. The van der Waals surface area contributed by atoms with E-state index in [-0.39, 0.29) is 12.2 Å². The van der Waals surface area contributed by atoms with Crippen LogP contribution >= 0.6 is 0 Å². The third-order valence-corrected chi connectivity index (χ3v) is 2.60. The van der Waals surface area contributed by atoms with Gasteiger partial charge in [0.2, 0.25) is 0 Å². The van der Waals surface area contributed by atoms with E-state index in [1.54, 1.807) is 0 Å². The molecule has 2 nitrogen and oxygen atoms in total. The van der Waals surface area contributed by atoms with E-state index in [1.165, 1.54) is 5.56 Å². The van der Waals surface area contributed by atoms with Crippen LogP contribution in [-0.2, 0) is 4.74 Å². The van der Waals surface area contributed by atoms with Gasteiger partial charge in [0.1, 0.15) is 0 Å². The van der Waals surface area contributed by atoms with Crippen LogP contribution in [0.2, 0.25) is 0 Å². The Morgan fingerprint density at radius 2 is 2.07 bits per heavy atom. The predicted octanol–water partition coefficient (Wildman–Crippen LogP) is 2.82. The fraction of sp³-hybridized carbons (Fsp3) is 0.417. The lowest BCUT2D eigenvalue weighted by molar-refractivity contribution is 0.0475. The van der Waals surface area contributed by atoms with Gasteiger partial charge in [-0.2, -0.15) is 5.26 Å². The highest BCUT2D eigenvalue weighted by Crippen LogP contribution is 2.33. The Bertz CT molecular complexity index is 328.